The Morgan fingerprint density at radius 3 is 2.38 bits per heavy atom. The average molecular weight is 395 g/mol. The predicted octanol–water partition coefficient (Wildman–Crippen LogP) is 4.37. The van der Waals surface area contributed by atoms with Crippen molar-refractivity contribution in [2.24, 2.45) is 5.92 Å². The fraction of sp³-hybridized carbons (Fsp3) is 0.417. The van der Waals surface area contributed by atoms with Crippen LogP contribution in [0, 0.1) is 19.8 Å². The van der Waals surface area contributed by atoms with E-state index >= 15 is 0 Å². The van der Waals surface area contributed by atoms with E-state index in [4.69, 9.17) is 4.74 Å². The molecule has 5 heteroatoms. The van der Waals surface area contributed by atoms with Gasteiger partial charge in [-0.3, -0.25) is 14.5 Å². The molecule has 1 saturated heterocycles. The second-order valence-electron chi connectivity index (χ2n) is 7.96. The van der Waals surface area contributed by atoms with E-state index in [0.717, 1.165) is 60.6 Å². The zero-order valence-electron chi connectivity index (χ0n) is 17.7. The molecule has 0 saturated carbocycles. The minimum absolute atomic E-state index is 0.0228. The molecule has 0 spiro atoms. The van der Waals surface area contributed by atoms with Gasteiger partial charge in [-0.2, -0.15) is 0 Å². The summed E-state index contributed by atoms with van der Waals surface area (Å²) in [7, 11) is 1.67. The quantitative estimate of drug-likeness (QED) is 0.740. The van der Waals surface area contributed by atoms with Crippen LogP contribution in [0.5, 0.6) is 5.75 Å². The molecule has 2 aromatic rings. The minimum atomic E-state index is -0.0702. The molecule has 0 bridgehead atoms. The fourth-order valence-corrected chi connectivity index (χ4v) is 4.22. The van der Waals surface area contributed by atoms with Crippen LogP contribution in [-0.4, -0.2) is 36.8 Å². The van der Waals surface area contributed by atoms with Crippen LogP contribution < -0.4 is 10.1 Å². The number of piperidine rings is 1. The highest BCUT2D eigenvalue weighted by Crippen LogP contribution is 2.28. The number of benzene rings is 2. The van der Waals surface area contributed by atoms with Crippen molar-refractivity contribution >= 4 is 17.4 Å². The summed E-state index contributed by atoms with van der Waals surface area (Å²) in [6, 6.07) is 11.8. The molecule has 5 nitrogen and oxygen atoms in total. The molecular formula is C24H30N2O3. The van der Waals surface area contributed by atoms with Gasteiger partial charge in [0.25, 0.3) is 0 Å². The van der Waals surface area contributed by atoms with Crippen LogP contribution in [-0.2, 0) is 11.3 Å². The van der Waals surface area contributed by atoms with Crippen molar-refractivity contribution in [2.75, 3.05) is 25.5 Å². The Balaban J connectivity index is 1.66. The monoisotopic (exact) mass is 394 g/mol. The molecular weight excluding hydrogens is 364 g/mol. The van der Waals surface area contributed by atoms with Crippen molar-refractivity contribution in [3.8, 4) is 5.75 Å². The Labute approximate surface area is 173 Å². The number of methoxy groups -OCH3 is 1. The molecule has 0 aromatic heterocycles. The van der Waals surface area contributed by atoms with Crippen molar-refractivity contribution in [3.05, 3.63) is 58.7 Å². The maximum atomic E-state index is 13.1. The number of rotatable bonds is 6. The first-order valence-electron chi connectivity index (χ1n) is 10.2. The molecule has 29 heavy (non-hydrogen) atoms. The maximum Gasteiger partial charge on any atom is 0.221 e. The van der Waals surface area contributed by atoms with Gasteiger partial charge in [0.15, 0.2) is 5.78 Å². The second kappa shape index (κ2) is 9.23. The largest absolute Gasteiger partial charge is 0.496 e. The smallest absolute Gasteiger partial charge is 0.221 e. The molecule has 2 aromatic carbocycles. The number of carbonyl (C=O) groups excluding carboxylic acids is 2. The summed E-state index contributed by atoms with van der Waals surface area (Å²) in [5.74, 6) is 1.04. The summed E-state index contributed by atoms with van der Waals surface area (Å²) >= 11 is 0. The Morgan fingerprint density at radius 2 is 1.79 bits per heavy atom. The van der Waals surface area contributed by atoms with Gasteiger partial charge in [0.05, 0.1) is 7.11 Å². The molecule has 0 unspecified atom stereocenters. The second-order valence-corrected chi connectivity index (χ2v) is 7.96. The Bertz CT molecular complexity index is 866. The molecule has 1 aliphatic heterocycles. The van der Waals surface area contributed by atoms with Gasteiger partial charge in [-0.1, -0.05) is 12.1 Å². The Hall–Kier alpha value is -2.66. The van der Waals surface area contributed by atoms with Gasteiger partial charge in [-0.15, -0.1) is 0 Å². The highest BCUT2D eigenvalue weighted by Gasteiger charge is 2.27. The third-order valence-electron chi connectivity index (χ3n) is 5.51. The van der Waals surface area contributed by atoms with E-state index in [2.05, 4.69) is 10.2 Å². The number of carbonyl (C=O) groups is 2. The predicted molar refractivity (Wildman–Crippen MR) is 116 cm³/mol. The van der Waals surface area contributed by atoms with Crippen molar-refractivity contribution in [2.45, 2.75) is 40.2 Å². The lowest BCUT2D eigenvalue weighted by Gasteiger charge is -2.32. The number of hydrogen-bond acceptors (Lipinski definition) is 4. The van der Waals surface area contributed by atoms with Gasteiger partial charge in [-0.25, -0.2) is 0 Å². The van der Waals surface area contributed by atoms with Gasteiger partial charge in [-0.05, 0) is 74.2 Å². The number of likely N-dealkylation sites (tertiary alicyclic amines) is 1. The first-order valence-corrected chi connectivity index (χ1v) is 10.2. The number of aryl methyl sites for hydroxylation is 2. The number of ether oxygens (including phenoxy) is 1. The van der Waals surface area contributed by atoms with E-state index in [1.807, 2.05) is 50.2 Å². The number of ketones is 1. The molecule has 1 N–H and O–H groups in total. The zero-order chi connectivity index (χ0) is 21.0. The summed E-state index contributed by atoms with van der Waals surface area (Å²) in [6.07, 6.45) is 1.95. The average Bonchev–Trinajstić information content (AvgIpc) is 2.68. The van der Waals surface area contributed by atoms with Crippen molar-refractivity contribution in [1.82, 2.24) is 4.90 Å². The van der Waals surface area contributed by atoms with Crippen LogP contribution in [0.15, 0.2) is 36.4 Å². The summed E-state index contributed by atoms with van der Waals surface area (Å²) < 4.78 is 5.43. The SMILES string of the molecule is COc1c(C)cc(C(=O)[C@@H]2CCCN(Cc3ccc(NC(C)=O)cc3)C2)cc1C. The molecule has 1 atom stereocenters. The topological polar surface area (TPSA) is 58.6 Å². The summed E-state index contributed by atoms with van der Waals surface area (Å²) in [4.78, 5) is 26.6. The van der Waals surface area contributed by atoms with Gasteiger partial charge in [0.2, 0.25) is 5.91 Å². The molecule has 1 heterocycles. The van der Waals surface area contributed by atoms with Gasteiger partial charge < -0.3 is 10.1 Å². The Morgan fingerprint density at radius 1 is 1.14 bits per heavy atom. The van der Waals surface area contributed by atoms with E-state index in [1.54, 1.807) is 7.11 Å². The Kier molecular flexibility index (Phi) is 6.70. The van der Waals surface area contributed by atoms with Gasteiger partial charge >= 0.3 is 0 Å². The maximum absolute atomic E-state index is 13.1. The first kappa shape index (κ1) is 21.1. The number of nitrogens with zero attached hydrogens (tertiary/aromatic N) is 1. The third kappa shape index (κ3) is 5.24. The van der Waals surface area contributed by atoms with E-state index in [9.17, 15) is 9.59 Å². The lowest BCUT2D eigenvalue weighted by Crippen LogP contribution is -2.38. The van der Waals surface area contributed by atoms with Gasteiger partial charge in [0.1, 0.15) is 5.75 Å². The van der Waals surface area contributed by atoms with Crippen LogP contribution in [0.2, 0.25) is 0 Å². The number of anilines is 1. The lowest BCUT2D eigenvalue weighted by atomic mass is 9.88. The first-order chi connectivity index (χ1) is 13.9. The summed E-state index contributed by atoms with van der Waals surface area (Å²) in [5.41, 5.74) is 4.78. The standard InChI is InChI=1S/C24H30N2O3/c1-16-12-21(13-17(2)24(16)29-4)23(28)20-6-5-11-26(15-20)14-19-7-9-22(10-8-19)25-18(3)27/h7-10,12-13,20H,5-6,11,14-15H2,1-4H3,(H,25,27)/t20-/m1/s1. The molecule has 154 valence electrons. The van der Waals surface area contributed by atoms with Gasteiger partial charge in [0, 0.05) is 37.2 Å². The summed E-state index contributed by atoms with van der Waals surface area (Å²) in [6.45, 7) is 8.06. The van der Waals surface area contributed by atoms with Crippen molar-refractivity contribution in [3.63, 3.8) is 0 Å². The lowest BCUT2D eigenvalue weighted by molar-refractivity contribution is -0.114. The van der Waals surface area contributed by atoms with Crippen LogP contribution in [0.1, 0.15) is 46.8 Å². The fourth-order valence-electron chi connectivity index (χ4n) is 4.22. The number of hydrogen-bond donors (Lipinski definition) is 1. The highest BCUT2D eigenvalue weighted by atomic mass is 16.5. The number of nitrogens with one attached hydrogen (secondary N) is 1. The molecule has 0 aliphatic carbocycles. The van der Waals surface area contributed by atoms with E-state index in [1.165, 1.54) is 12.5 Å². The number of amides is 1. The van der Waals surface area contributed by atoms with Crippen LogP contribution in [0.3, 0.4) is 0 Å². The molecule has 0 radical (unpaired) electrons. The normalized spacial score (nSPS) is 17.0. The molecule has 1 fully saturated rings. The summed E-state index contributed by atoms with van der Waals surface area (Å²) in [5, 5.41) is 2.79. The van der Waals surface area contributed by atoms with E-state index < -0.39 is 0 Å². The molecule has 1 aliphatic rings. The van der Waals surface area contributed by atoms with E-state index in [-0.39, 0.29) is 17.6 Å². The van der Waals surface area contributed by atoms with Crippen LogP contribution in [0.25, 0.3) is 0 Å². The van der Waals surface area contributed by atoms with Crippen LogP contribution in [0.4, 0.5) is 5.69 Å². The van der Waals surface area contributed by atoms with E-state index in [0.29, 0.717) is 0 Å². The third-order valence-corrected chi connectivity index (χ3v) is 5.51. The minimum Gasteiger partial charge on any atom is -0.496 e. The molecule has 1 amide bonds. The van der Waals surface area contributed by atoms with Crippen LogP contribution >= 0.6 is 0 Å². The van der Waals surface area contributed by atoms with Crippen molar-refractivity contribution < 1.29 is 14.3 Å². The zero-order valence-corrected chi connectivity index (χ0v) is 17.7. The number of Topliss-reactive ketones (excluding diaryl/α,β-unsaturated/α-hetero) is 1. The molecule has 3 rings (SSSR count). The van der Waals surface area contributed by atoms with Crippen molar-refractivity contribution in [1.29, 1.82) is 0 Å². The highest BCUT2D eigenvalue weighted by molar-refractivity contribution is 5.98.